The fourth-order valence-electron chi connectivity index (χ4n) is 3.19. The van der Waals surface area contributed by atoms with Crippen molar-refractivity contribution in [3.8, 4) is 0 Å². The van der Waals surface area contributed by atoms with Crippen molar-refractivity contribution in [2.45, 2.75) is 22.9 Å². The first-order chi connectivity index (χ1) is 12.8. The number of rotatable bonds is 2. The second kappa shape index (κ2) is 6.49. The van der Waals surface area contributed by atoms with Crippen LogP contribution in [0, 0.1) is 0 Å². The standard InChI is InChI=1S/C18H15F3N4OS/c19-18(20,21)14-6-8-25(12-4-2-1-3-11(12)15(22)26)13-9-10-5-7-23-16(10)24-17(13)27-14/h1-5,7,9,14H,6,8H2,(H2,22,26)(H,23,24). The first-order valence-corrected chi connectivity index (χ1v) is 9.10. The summed E-state index contributed by atoms with van der Waals surface area (Å²) >= 11 is 0.702. The van der Waals surface area contributed by atoms with Crippen molar-refractivity contribution in [3.63, 3.8) is 0 Å². The van der Waals surface area contributed by atoms with Crippen LogP contribution in [0.4, 0.5) is 24.5 Å². The van der Waals surface area contributed by atoms with E-state index >= 15 is 0 Å². The molecule has 1 atom stereocenters. The number of hydrogen-bond acceptors (Lipinski definition) is 4. The average Bonchev–Trinajstić information content (AvgIpc) is 2.98. The maximum Gasteiger partial charge on any atom is 0.401 e. The first-order valence-electron chi connectivity index (χ1n) is 8.22. The zero-order valence-corrected chi connectivity index (χ0v) is 14.8. The number of pyridine rings is 1. The maximum absolute atomic E-state index is 13.5. The third-order valence-electron chi connectivity index (χ3n) is 4.47. The van der Waals surface area contributed by atoms with Gasteiger partial charge in [-0.25, -0.2) is 4.98 Å². The van der Waals surface area contributed by atoms with Crippen molar-refractivity contribution in [2.75, 3.05) is 11.4 Å². The fraction of sp³-hybridized carbons (Fsp3) is 0.222. The lowest BCUT2D eigenvalue weighted by Crippen LogP contribution is -2.29. The third kappa shape index (κ3) is 3.23. The number of H-pyrrole nitrogens is 1. The van der Waals surface area contributed by atoms with Gasteiger partial charge in [-0.05, 0) is 30.7 Å². The van der Waals surface area contributed by atoms with E-state index < -0.39 is 17.3 Å². The molecule has 0 saturated carbocycles. The van der Waals surface area contributed by atoms with Crippen LogP contribution in [0.1, 0.15) is 16.8 Å². The first kappa shape index (κ1) is 17.7. The number of fused-ring (bicyclic) bond motifs is 2. The number of aromatic amines is 1. The monoisotopic (exact) mass is 392 g/mol. The highest BCUT2D eigenvalue weighted by Gasteiger charge is 2.43. The lowest BCUT2D eigenvalue weighted by molar-refractivity contribution is -0.129. The summed E-state index contributed by atoms with van der Waals surface area (Å²) in [6, 6.07) is 10.2. The summed E-state index contributed by atoms with van der Waals surface area (Å²) in [5, 5.41) is -0.535. The van der Waals surface area contributed by atoms with Gasteiger partial charge in [-0.3, -0.25) is 4.79 Å². The largest absolute Gasteiger partial charge is 0.401 e. The molecule has 2 aromatic heterocycles. The molecule has 1 aliphatic heterocycles. The smallest absolute Gasteiger partial charge is 0.366 e. The van der Waals surface area contributed by atoms with E-state index in [1.807, 2.05) is 0 Å². The molecule has 0 radical (unpaired) electrons. The lowest BCUT2D eigenvalue weighted by Gasteiger charge is -2.26. The van der Waals surface area contributed by atoms with Gasteiger partial charge in [0.1, 0.15) is 15.9 Å². The molecule has 27 heavy (non-hydrogen) atoms. The number of para-hydroxylation sites is 1. The lowest BCUT2D eigenvalue weighted by atomic mass is 10.1. The van der Waals surface area contributed by atoms with Crippen LogP contribution in [0.15, 0.2) is 47.6 Å². The average molecular weight is 392 g/mol. The molecule has 1 aromatic carbocycles. The molecule has 1 unspecified atom stereocenters. The zero-order chi connectivity index (χ0) is 19.2. The number of nitrogens with two attached hydrogens (primary N) is 1. The number of nitrogens with zero attached hydrogens (tertiary/aromatic N) is 2. The van der Waals surface area contributed by atoms with Gasteiger partial charge in [-0.1, -0.05) is 23.9 Å². The molecule has 0 spiro atoms. The van der Waals surface area contributed by atoms with Crippen molar-refractivity contribution in [1.82, 2.24) is 9.97 Å². The molecule has 5 nitrogen and oxygen atoms in total. The number of carbonyl (C=O) groups excluding carboxylic acids is 1. The van der Waals surface area contributed by atoms with Gasteiger partial charge in [0.2, 0.25) is 0 Å². The van der Waals surface area contributed by atoms with E-state index in [4.69, 9.17) is 5.73 Å². The van der Waals surface area contributed by atoms with E-state index in [1.165, 1.54) is 0 Å². The number of carbonyl (C=O) groups is 1. The third-order valence-corrected chi connectivity index (χ3v) is 5.78. The topological polar surface area (TPSA) is 75.0 Å². The summed E-state index contributed by atoms with van der Waals surface area (Å²) < 4.78 is 40.4. The van der Waals surface area contributed by atoms with E-state index in [2.05, 4.69) is 9.97 Å². The molecular formula is C18H15F3N4OS. The molecule has 1 aliphatic rings. The summed E-state index contributed by atoms with van der Waals surface area (Å²) in [6.45, 7) is 0.0894. The minimum Gasteiger partial charge on any atom is -0.366 e. The normalized spacial score (nSPS) is 17.6. The molecule has 0 fully saturated rings. The Balaban J connectivity index is 1.90. The fourth-order valence-corrected chi connectivity index (χ4v) is 4.25. The minimum atomic E-state index is -4.35. The van der Waals surface area contributed by atoms with E-state index in [1.54, 1.807) is 47.5 Å². The predicted octanol–water partition coefficient (Wildman–Crippen LogP) is 4.23. The van der Waals surface area contributed by atoms with E-state index in [9.17, 15) is 18.0 Å². The maximum atomic E-state index is 13.5. The molecule has 0 bridgehead atoms. The number of aromatic nitrogens is 2. The Morgan fingerprint density at radius 3 is 2.78 bits per heavy atom. The number of nitrogens with one attached hydrogen (secondary N) is 1. The molecule has 140 valence electrons. The number of amides is 1. The van der Waals surface area contributed by atoms with Gasteiger partial charge in [0.25, 0.3) is 5.91 Å². The van der Waals surface area contributed by atoms with Crippen LogP contribution >= 0.6 is 11.8 Å². The molecule has 0 saturated heterocycles. The molecule has 3 heterocycles. The van der Waals surface area contributed by atoms with Crippen molar-refractivity contribution < 1.29 is 18.0 Å². The predicted molar refractivity (Wildman–Crippen MR) is 98.4 cm³/mol. The Morgan fingerprint density at radius 2 is 2.04 bits per heavy atom. The van der Waals surface area contributed by atoms with Gasteiger partial charge in [-0.15, -0.1) is 0 Å². The highest BCUT2D eigenvalue weighted by Crippen LogP contribution is 2.46. The van der Waals surface area contributed by atoms with Gasteiger partial charge in [0.05, 0.1) is 16.9 Å². The second-order valence-corrected chi connectivity index (χ2v) is 7.39. The van der Waals surface area contributed by atoms with Crippen LogP contribution in [0.2, 0.25) is 0 Å². The number of alkyl halides is 3. The van der Waals surface area contributed by atoms with Crippen LogP contribution in [-0.4, -0.2) is 33.8 Å². The molecular weight excluding hydrogens is 377 g/mol. The van der Waals surface area contributed by atoms with Crippen molar-refractivity contribution in [1.29, 1.82) is 0 Å². The van der Waals surface area contributed by atoms with Crippen molar-refractivity contribution in [2.24, 2.45) is 5.73 Å². The number of thioether (sulfide) groups is 1. The van der Waals surface area contributed by atoms with Crippen LogP contribution in [-0.2, 0) is 0 Å². The van der Waals surface area contributed by atoms with Crippen LogP contribution in [0.5, 0.6) is 0 Å². The minimum absolute atomic E-state index is 0.0894. The van der Waals surface area contributed by atoms with Gasteiger partial charge >= 0.3 is 6.18 Å². The Morgan fingerprint density at radius 1 is 1.26 bits per heavy atom. The van der Waals surface area contributed by atoms with E-state index in [0.717, 1.165) is 5.39 Å². The Labute approximate surface area is 156 Å². The number of hydrogen-bond donors (Lipinski definition) is 2. The summed E-state index contributed by atoms with van der Waals surface area (Å²) in [6.07, 6.45) is -2.80. The van der Waals surface area contributed by atoms with Gasteiger partial charge < -0.3 is 15.6 Å². The highest BCUT2D eigenvalue weighted by molar-refractivity contribution is 8.00. The molecule has 3 aromatic rings. The van der Waals surface area contributed by atoms with Gasteiger partial charge in [0, 0.05) is 18.1 Å². The Bertz CT molecular complexity index is 1020. The summed E-state index contributed by atoms with van der Waals surface area (Å²) in [7, 11) is 0. The van der Waals surface area contributed by atoms with Gasteiger partial charge in [0.15, 0.2) is 0 Å². The zero-order valence-electron chi connectivity index (χ0n) is 14.0. The van der Waals surface area contributed by atoms with Crippen molar-refractivity contribution in [3.05, 3.63) is 48.2 Å². The summed E-state index contributed by atoms with van der Waals surface area (Å²) in [4.78, 5) is 20.9. The van der Waals surface area contributed by atoms with Crippen LogP contribution in [0.3, 0.4) is 0 Å². The van der Waals surface area contributed by atoms with E-state index in [0.29, 0.717) is 28.8 Å². The second-order valence-electron chi connectivity index (χ2n) is 6.20. The summed E-state index contributed by atoms with van der Waals surface area (Å²) in [5.74, 6) is -0.632. The van der Waals surface area contributed by atoms with Crippen LogP contribution < -0.4 is 10.6 Å². The Hall–Kier alpha value is -2.68. The van der Waals surface area contributed by atoms with Crippen molar-refractivity contribution >= 4 is 40.1 Å². The van der Waals surface area contributed by atoms with E-state index in [-0.39, 0.29) is 23.6 Å². The SMILES string of the molecule is NC(=O)c1ccccc1N1CCC(C(F)(F)F)Sc2nc3[nH]ccc3cc21. The number of primary amides is 1. The molecule has 0 aliphatic carbocycles. The highest BCUT2D eigenvalue weighted by atomic mass is 32.2. The molecule has 4 rings (SSSR count). The number of halogens is 3. The van der Waals surface area contributed by atoms with Gasteiger partial charge in [-0.2, -0.15) is 13.2 Å². The molecule has 9 heteroatoms. The van der Waals surface area contributed by atoms with Crippen LogP contribution in [0.25, 0.3) is 11.0 Å². The molecule has 1 amide bonds. The summed E-state index contributed by atoms with van der Waals surface area (Å²) in [5.41, 5.74) is 7.27. The molecule has 3 N–H and O–H groups in total. The number of benzene rings is 1. The quantitative estimate of drug-likeness (QED) is 0.685. The number of anilines is 2. The Kier molecular flexibility index (Phi) is 4.26.